The number of hydrogen-bond donors (Lipinski definition) is 1. The Morgan fingerprint density at radius 3 is 2.38 bits per heavy atom. The van der Waals surface area contributed by atoms with Gasteiger partial charge in [-0.2, -0.15) is 0 Å². The molecule has 0 radical (unpaired) electrons. The molecule has 1 fully saturated rings. The lowest BCUT2D eigenvalue weighted by molar-refractivity contribution is -0.144. The monoisotopic (exact) mass is 490 g/mol. The van der Waals surface area contributed by atoms with Gasteiger partial charge in [0.2, 0.25) is 18.0 Å². The van der Waals surface area contributed by atoms with Crippen molar-refractivity contribution in [3.63, 3.8) is 0 Å². The van der Waals surface area contributed by atoms with Crippen molar-refractivity contribution in [2.75, 3.05) is 33.8 Å². The summed E-state index contributed by atoms with van der Waals surface area (Å²) in [4.78, 5) is 40.1. The van der Waals surface area contributed by atoms with Crippen LogP contribution < -0.4 is 24.3 Å². The van der Waals surface area contributed by atoms with Crippen LogP contribution in [0.5, 0.6) is 23.0 Å². The number of amides is 2. The van der Waals surface area contributed by atoms with E-state index >= 15 is 0 Å². The molecule has 2 aliphatic rings. The van der Waals surface area contributed by atoms with E-state index in [1.54, 1.807) is 18.2 Å². The number of carbonyl (C=O) groups is 3. The lowest BCUT2D eigenvalue weighted by Crippen LogP contribution is -2.43. The van der Waals surface area contributed by atoms with E-state index in [9.17, 15) is 14.4 Å². The molecule has 0 unspecified atom stereocenters. The number of rotatable bonds is 7. The van der Waals surface area contributed by atoms with E-state index in [0.29, 0.717) is 28.5 Å². The summed E-state index contributed by atoms with van der Waals surface area (Å²) in [5, 5.41) is 3.04. The highest BCUT2D eigenvalue weighted by molar-refractivity contribution is 6.32. The summed E-state index contributed by atoms with van der Waals surface area (Å²) in [6.45, 7) is 0. The van der Waals surface area contributed by atoms with E-state index in [4.69, 9.17) is 35.3 Å². The van der Waals surface area contributed by atoms with Crippen molar-refractivity contribution in [3.8, 4) is 23.0 Å². The van der Waals surface area contributed by atoms with Gasteiger partial charge in [-0.3, -0.25) is 14.5 Å². The maximum absolute atomic E-state index is 13.3. The van der Waals surface area contributed by atoms with Gasteiger partial charge in [0.15, 0.2) is 11.5 Å². The summed E-state index contributed by atoms with van der Waals surface area (Å²) in [7, 11) is 5.77. The summed E-state index contributed by atoms with van der Waals surface area (Å²) >= 11 is 6.21. The average Bonchev–Trinajstić information content (AvgIpc) is 3.37. The second kappa shape index (κ2) is 9.30. The van der Waals surface area contributed by atoms with Crippen molar-refractivity contribution in [3.05, 3.63) is 40.4 Å². The van der Waals surface area contributed by atoms with E-state index in [0.717, 1.165) is 0 Å². The Balaban J connectivity index is 1.65. The molecule has 2 aromatic carbocycles. The number of fused-ring (bicyclic) bond motifs is 1. The van der Waals surface area contributed by atoms with Crippen molar-refractivity contribution in [1.82, 2.24) is 4.90 Å². The van der Waals surface area contributed by atoms with Crippen LogP contribution in [0, 0.1) is 0 Å². The van der Waals surface area contributed by atoms with Gasteiger partial charge in [0, 0.05) is 18.1 Å². The van der Waals surface area contributed by atoms with Gasteiger partial charge in [-0.15, -0.1) is 0 Å². The lowest BCUT2D eigenvalue weighted by Gasteiger charge is -2.29. The Bertz CT molecular complexity index is 1170. The topological polar surface area (TPSA) is 113 Å². The third-order valence-corrected chi connectivity index (χ3v) is 6.10. The Kier molecular flexibility index (Phi) is 6.43. The Labute approximate surface area is 200 Å². The van der Waals surface area contributed by atoms with Crippen molar-refractivity contribution < 1.29 is 38.1 Å². The van der Waals surface area contributed by atoms with Crippen LogP contribution in [0.3, 0.4) is 0 Å². The minimum atomic E-state index is -1.07. The molecule has 2 aliphatic heterocycles. The number of likely N-dealkylation sites (tertiary alicyclic amines) is 1. The minimum absolute atomic E-state index is 0.120. The first kappa shape index (κ1) is 23.5. The summed E-state index contributed by atoms with van der Waals surface area (Å²) in [6, 6.07) is 5.39. The highest BCUT2D eigenvalue weighted by atomic mass is 35.5. The first-order valence-corrected chi connectivity index (χ1v) is 10.7. The summed E-state index contributed by atoms with van der Waals surface area (Å²) in [6.07, 6.45) is -0.711. The lowest BCUT2D eigenvalue weighted by atomic mass is 10.0. The van der Waals surface area contributed by atoms with E-state index in [2.05, 4.69) is 5.32 Å². The largest absolute Gasteiger partial charge is 0.495 e. The molecule has 0 aliphatic carbocycles. The van der Waals surface area contributed by atoms with Gasteiger partial charge in [0.25, 0.3) is 0 Å². The van der Waals surface area contributed by atoms with E-state index < -0.39 is 24.1 Å². The van der Waals surface area contributed by atoms with Gasteiger partial charge in [-0.25, -0.2) is 4.79 Å². The van der Waals surface area contributed by atoms with E-state index in [1.165, 1.54) is 39.4 Å². The third kappa shape index (κ3) is 3.83. The van der Waals surface area contributed by atoms with E-state index in [-0.39, 0.29) is 35.1 Å². The van der Waals surface area contributed by atoms with Gasteiger partial charge >= 0.3 is 5.97 Å². The Morgan fingerprint density at radius 2 is 1.74 bits per heavy atom. The number of ether oxygens (including phenoxy) is 5. The molecule has 10 nitrogen and oxygen atoms in total. The third-order valence-electron chi connectivity index (χ3n) is 5.81. The van der Waals surface area contributed by atoms with E-state index in [1.807, 2.05) is 0 Å². The summed E-state index contributed by atoms with van der Waals surface area (Å²) < 4.78 is 26.7. The zero-order valence-corrected chi connectivity index (χ0v) is 19.7. The van der Waals surface area contributed by atoms with Crippen LogP contribution in [0.1, 0.15) is 35.0 Å². The van der Waals surface area contributed by atoms with Crippen LogP contribution in [0.4, 0.5) is 5.69 Å². The maximum Gasteiger partial charge on any atom is 0.344 e. The van der Waals surface area contributed by atoms with Crippen LogP contribution in [0.25, 0.3) is 0 Å². The minimum Gasteiger partial charge on any atom is -0.495 e. The predicted octanol–water partition coefficient (Wildman–Crippen LogP) is 3.17. The van der Waals surface area contributed by atoms with Crippen molar-refractivity contribution in [2.24, 2.45) is 0 Å². The second-order valence-electron chi connectivity index (χ2n) is 7.55. The second-order valence-corrected chi connectivity index (χ2v) is 7.96. The zero-order valence-electron chi connectivity index (χ0n) is 19.0. The fourth-order valence-electron chi connectivity index (χ4n) is 4.22. The van der Waals surface area contributed by atoms with Gasteiger partial charge in [0.05, 0.1) is 39.1 Å². The molecule has 0 saturated carbocycles. The number of nitrogens with one attached hydrogen (secondary N) is 1. The number of halogens is 1. The molecule has 11 heteroatoms. The molecule has 34 heavy (non-hydrogen) atoms. The number of carbonyl (C=O) groups excluding carboxylic acids is 3. The first-order chi connectivity index (χ1) is 16.3. The average molecular weight is 491 g/mol. The molecule has 1 saturated heterocycles. The molecular weight excluding hydrogens is 468 g/mol. The quantitative estimate of drug-likeness (QED) is 0.589. The molecule has 0 bridgehead atoms. The molecule has 4 rings (SSSR count). The molecule has 0 spiro atoms. The molecule has 2 amide bonds. The van der Waals surface area contributed by atoms with Gasteiger partial charge in [-0.1, -0.05) is 11.6 Å². The normalized spacial score (nSPS) is 18.9. The van der Waals surface area contributed by atoms with Crippen molar-refractivity contribution in [2.45, 2.75) is 25.1 Å². The number of esters is 1. The van der Waals surface area contributed by atoms with Crippen LogP contribution in [-0.4, -0.2) is 57.2 Å². The molecule has 1 N–H and O–H groups in total. The first-order valence-electron chi connectivity index (χ1n) is 10.3. The zero-order chi connectivity index (χ0) is 24.6. The van der Waals surface area contributed by atoms with Gasteiger partial charge in [0.1, 0.15) is 23.1 Å². The SMILES string of the molecule is COc1cc(OC)c(NC(=O)[C@H]2CCC(=O)N2[C@H]2OC(=O)c3c2ccc(OC)c3OC)cc1Cl. The number of benzene rings is 2. The fraction of sp³-hybridized carbons (Fsp3) is 0.348. The highest BCUT2D eigenvalue weighted by Gasteiger charge is 2.48. The van der Waals surface area contributed by atoms with Crippen molar-refractivity contribution >= 4 is 35.1 Å². The van der Waals surface area contributed by atoms with Crippen molar-refractivity contribution in [1.29, 1.82) is 0 Å². The number of cyclic esters (lactones) is 1. The molecule has 2 heterocycles. The number of hydrogen-bond acceptors (Lipinski definition) is 8. The number of methoxy groups -OCH3 is 4. The smallest absolute Gasteiger partial charge is 0.344 e. The molecule has 180 valence electrons. The molecular formula is C23H23ClN2O8. The molecule has 2 aromatic rings. The molecule has 0 aromatic heterocycles. The fourth-order valence-corrected chi connectivity index (χ4v) is 4.46. The Hall–Kier alpha value is -3.66. The highest BCUT2D eigenvalue weighted by Crippen LogP contribution is 2.45. The van der Waals surface area contributed by atoms with Crippen LogP contribution in [-0.2, 0) is 14.3 Å². The number of nitrogens with zero attached hydrogens (tertiary/aromatic N) is 1. The molecule has 2 atom stereocenters. The van der Waals surface area contributed by atoms with Crippen LogP contribution >= 0.6 is 11.6 Å². The van der Waals surface area contributed by atoms with Crippen LogP contribution in [0.2, 0.25) is 5.02 Å². The number of anilines is 1. The summed E-state index contributed by atoms with van der Waals surface area (Å²) in [5.41, 5.74) is 0.892. The van der Waals surface area contributed by atoms with Gasteiger partial charge < -0.3 is 29.0 Å². The van der Waals surface area contributed by atoms with Crippen LogP contribution in [0.15, 0.2) is 24.3 Å². The predicted molar refractivity (Wildman–Crippen MR) is 121 cm³/mol. The standard InChI is InChI=1S/C23H23ClN2O8/c1-30-15-7-5-11-19(20(15)33-4)23(29)34-22(11)26-14(6-8-18(26)27)21(28)25-13-9-12(24)16(31-2)10-17(13)32-3/h5,7,9-10,14,22H,6,8H2,1-4H3,(H,25,28)/t14-,22+/m1/s1. The van der Waals surface area contributed by atoms with Gasteiger partial charge in [-0.05, 0) is 24.6 Å². The maximum atomic E-state index is 13.3. The Morgan fingerprint density at radius 1 is 1.03 bits per heavy atom. The summed E-state index contributed by atoms with van der Waals surface area (Å²) in [5.74, 6) is -0.191.